The molecule has 4 aromatic rings. The molecule has 0 bridgehead atoms. The van der Waals surface area contributed by atoms with Crippen LogP contribution in [-0.4, -0.2) is 36.8 Å². The number of ether oxygens (including phenoxy) is 4. The molecule has 0 saturated heterocycles. The quantitative estimate of drug-likeness (QED) is 0.322. The first kappa shape index (κ1) is 24.3. The molecule has 3 heterocycles. The molecule has 10 nitrogen and oxygen atoms in total. The zero-order valence-electron chi connectivity index (χ0n) is 20.6. The Hall–Kier alpha value is -4.44. The zero-order chi connectivity index (χ0) is 25.6. The predicted octanol–water partition coefficient (Wildman–Crippen LogP) is 4.15. The van der Waals surface area contributed by atoms with E-state index in [9.17, 15) is 4.79 Å². The van der Waals surface area contributed by atoms with Gasteiger partial charge in [0.2, 0.25) is 12.7 Å². The van der Waals surface area contributed by atoms with Crippen molar-refractivity contribution in [2.45, 2.75) is 26.2 Å². The van der Waals surface area contributed by atoms with Crippen molar-refractivity contribution in [3.05, 3.63) is 89.5 Å². The van der Waals surface area contributed by atoms with Gasteiger partial charge in [0, 0.05) is 18.7 Å². The second-order valence-corrected chi connectivity index (χ2v) is 8.40. The summed E-state index contributed by atoms with van der Waals surface area (Å²) < 4.78 is 32.9. The summed E-state index contributed by atoms with van der Waals surface area (Å²) in [6, 6.07) is 15.1. The molecule has 0 unspecified atom stereocenters. The highest BCUT2D eigenvalue weighted by atomic mass is 16.7. The van der Waals surface area contributed by atoms with Crippen molar-refractivity contribution in [1.82, 2.24) is 15.2 Å². The number of carbonyl (C=O) groups excluding carboxylic acids is 1. The minimum absolute atomic E-state index is 0.198. The van der Waals surface area contributed by atoms with Crippen molar-refractivity contribution in [1.29, 1.82) is 0 Å². The molecule has 1 aliphatic rings. The number of nitrogens with one attached hydrogen (secondary N) is 1. The monoisotopic (exact) mass is 505 g/mol. The van der Waals surface area contributed by atoms with Gasteiger partial charge in [-0.2, -0.15) is 0 Å². The third kappa shape index (κ3) is 5.87. The lowest BCUT2D eigenvalue weighted by atomic mass is 10.1. The van der Waals surface area contributed by atoms with Gasteiger partial charge < -0.3 is 33.1 Å². The van der Waals surface area contributed by atoms with E-state index >= 15 is 0 Å². The van der Waals surface area contributed by atoms with Crippen molar-refractivity contribution in [2.24, 2.45) is 0 Å². The zero-order valence-corrected chi connectivity index (χ0v) is 20.6. The summed E-state index contributed by atoms with van der Waals surface area (Å²) in [6.07, 6.45) is 2.92. The number of carbonyl (C=O) groups is 1. The predicted molar refractivity (Wildman–Crippen MR) is 131 cm³/mol. The van der Waals surface area contributed by atoms with E-state index in [4.69, 9.17) is 27.8 Å². The highest BCUT2D eigenvalue weighted by molar-refractivity contribution is 5.91. The van der Waals surface area contributed by atoms with Crippen LogP contribution in [0.4, 0.5) is 0 Å². The van der Waals surface area contributed by atoms with Gasteiger partial charge in [-0.05, 0) is 48.0 Å². The van der Waals surface area contributed by atoms with Crippen LogP contribution >= 0.6 is 0 Å². The fourth-order valence-corrected chi connectivity index (χ4v) is 4.06. The minimum Gasteiger partial charge on any atom is -0.497 e. The number of nitrogens with zero attached hydrogens (tertiary/aromatic N) is 2. The normalized spacial score (nSPS) is 12.1. The van der Waals surface area contributed by atoms with Gasteiger partial charge in [-0.1, -0.05) is 6.07 Å². The molecule has 37 heavy (non-hydrogen) atoms. The van der Waals surface area contributed by atoms with Crippen LogP contribution < -0.4 is 24.3 Å². The maximum atomic E-state index is 12.5. The minimum atomic E-state index is -0.344. The summed E-state index contributed by atoms with van der Waals surface area (Å²) in [5.74, 6) is 3.62. The van der Waals surface area contributed by atoms with Gasteiger partial charge in [0.05, 0.1) is 33.6 Å². The fraction of sp³-hybridized carbons (Fsp3) is 0.259. The van der Waals surface area contributed by atoms with Crippen molar-refractivity contribution in [3.8, 4) is 23.0 Å². The number of hydrogen-bond donors (Lipinski definition) is 1. The summed E-state index contributed by atoms with van der Waals surface area (Å²) in [4.78, 5) is 19.1. The lowest BCUT2D eigenvalue weighted by molar-refractivity contribution is 0.0943. The summed E-state index contributed by atoms with van der Waals surface area (Å²) in [7, 11) is 3.26. The Labute approximate surface area is 213 Å². The lowest BCUT2D eigenvalue weighted by Crippen LogP contribution is -2.24. The highest BCUT2D eigenvalue weighted by Gasteiger charge is 2.19. The standard InChI is InChI=1S/C27H27N3O7/c1-32-20-6-8-23(33-2)19(11-20)14-30(13-18-5-7-24-25(10-18)37-17-36-24)15-26-29-22(16-35-26)27(31)28-12-21-4-3-9-34-21/h3-11,16H,12-15,17H2,1-2H3,(H,28,31). The van der Waals surface area contributed by atoms with Crippen LogP contribution in [-0.2, 0) is 26.2 Å². The van der Waals surface area contributed by atoms with Gasteiger partial charge in [0.1, 0.15) is 23.5 Å². The van der Waals surface area contributed by atoms with Crippen molar-refractivity contribution < 1.29 is 32.6 Å². The first-order chi connectivity index (χ1) is 18.1. The van der Waals surface area contributed by atoms with Gasteiger partial charge in [0.25, 0.3) is 5.91 Å². The molecule has 1 N–H and O–H groups in total. The number of aromatic nitrogens is 1. The smallest absolute Gasteiger partial charge is 0.273 e. The molecule has 0 spiro atoms. The SMILES string of the molecule is COc1ccc(OC)c(CN(Cc2ccc3c(c2)OCO3)Cc2nc(C(=O)NCc3ccco3)co2)c1. The topological polar surface area (TPSA) is 108 Å². The molecular weight excluding hydrogens is 478 g/mol. The number of rotatable bonds is 11. The van der Waals surface area contributed by atoms with E-state index in [1.807, 2.05) is 36.4 Å². The molecule has 5 rings (SSSR count). The maximum Gasteiger partial charge on any atom is 0.273 e. The number of methoxy groups -OCH3 is 2. The van der Waals surface area contributed by atoms with E-state index in [0.717, 1.165) is 28.4 Å². The summed E-state index contributed by atoms with van der Waals surface area (Å²) in [5, 5.41) is 2.77. The molecule has 2 aromatic heterocycles. The summed E-state index contributed by atoms with van der Waals surface area (Å²) in [5.41, 5.74) is 2.16. The molecule has 2 aromatic carbocycles. The van der Waals surface area contributed by atoms with Crippen LogP contribution in [0.25, 0.3) is 0 Å². The van der Waals surface area contributed by atoms with Crippen molar-refractivity contribution >= 4 is 5.91 Å². The molecule has 1 amide bonds. The van der Waals surface area contributed by atoms with Crippen molar-refractivity contribution in [2.75, 3.05) is 21.0 Å². The molecule has 1 aliphatic heterocycles. The Kier molecular flexibility index (Phi) is 7.27. The molecule has 0 radical (unpaired) electrons. The second-order valence-electron chi connectivity index (χ2n) is 8.40. The number of hydrogen-bond acceptors (Lipinski definition) is 9. The second kappa shape index (κ2) is 11.1. The van der Waals surface area contributed by atoms with Crippen LogP contribution in [0.15, 0.2) is 69.9 Å². The van der Waals surface area contributed by atoms with Crippen LogP contribution in [0.5, 0.6) is 23.0 Å². The average molecular weight is 506 g/mol. The first-order valence-electron chi connectivity index (χ1n) is 11.7. The van der Waals surface area contributed by atoms with Gasteiger partial charge in [0.15, 0.2) is 17.2 Å². The molecular formula is C27H27N3O7. The maximum absolute atomic E-state index is 12.5. The average Bonchev–Trinajstić information content (AvgIpc) is 3.69. The van der Waals surface area contributed by atoms with Gasteiger partial charge in [-0.15, -0.1) is 0 Å². The Bertz CT molecular complexity index is 1350. The largest absolute Gasteiger partial charge is 0.497 e. The summed E-state index contributed by atoms with van der Waals surface area (Å²) in [6.45, 7) is 1.89. The number of furan rings is 1. The number of amides is 1. The van der Waals surface area contributed by atoms with E-state index < -0.39 is 0 Å². The van der Waals surface area contributed by atoms with E-state index in [1.165, 1.54) is 6.26 Å². The Morgan fingerprint density at radius 3 is 2.70 bits per heavy atom. The van der Waals surface area contributed by atoms with Crippen LogP contribution in [0.3, 0.4) is 0 Å². The molecule has 0 atom stereocenters. The molecule has 0 saturated carbocycles. The number of fused-ring (bicyclic) bond motifs is 1. The van der Waals surface area contributed by atoms with Gasteiger partial charge in [-0.25, -0.2) is 4.98 Å². The fourth-order valence-electron chi connectivity index (χ4n) is 4.06. The lowest BCUT2D eigenvalue weighted by Gasteiger charge is -2.22. The molecule has 192 valence electrons. The van der Waals surface area contributed by atoms with Crippen molar-refractivity contribution in [3.63, 3.8) is 0 Å². The van der Waals surface area contributed by atoms with E-state index in [1.54, 1.807) is 32.6 Å². The summed E-state index contributed by atoms with van der Waals surface area (Å²) >= 11 is 0. The van der Waals surface area contributed by atoms with Gasteiger partial charge >= 0.3 is 0 Å². The number of oxazole rings is 1. The van der Waals surface area contributed by atoms with Crippen LogP contribution in [0, 0.1) is 0 Å². The molecule has 0 aliphatic carbocycles. The van der Waals surface area contributed by atoms with Crippen LogP contribution in [0.2, 0.25) is 0 Å². The Balaban J connectivity index is 1.34. The third-order valence-corrected chi connectivity index (χ3v) is 5.87. The third-order valence-electron chi connectivity index (χ3n) is 5.87. The Morgan fingerprint density at radius 2 is 1.89 bits per heavy atom. The van der Waals surface area contributed by atoms with Gasteiger partial charge in [-0.3, -0.25) is 9.69 Å². The molecule has 10 heteroatoms. The highest BCUT2D eigenvalue weighted by Crippen LogP contribution is 2.33. The first-order valence-corrected chi connectivity index (χ1v) is 11.7. The van der Waals surface area contributed by atoms with Crippen LogP contribution in [0.1, 0.15) is 33.3 Å². The van der Waals surface area contributed by atoms with E-state index in [0.29, 0.717) is 37.0 Å². The Morgan fingerprint density at radius 1 is 1.00 bits per heavy atom. The van der Waals surface area contributed by atoms with E-state index in [2.05, 4.69) is 15.2 Å². The number of benzene rings is 2. The van der Waals surface area contributed by atoms with E-state index in [-0.39, 0.29) is 24.9 Å². The molecule has 0 fully saturated rings.